The number of anilines is 1. The normalized spacial score (nSPS) is 12.2. The van der Waals surface area contributed by atoms with Crippen LogP contribution in [0.1, 0.15) is 11.7 Å². The summed E-state index contributed by atoms with van der Waals surface area (Å²) in [6, 6.07) is 13.0. The van der Waals surface area contributed by atoms with Gasteiger partial charge in [0.15, 0.2) is 0 Å². The standard InChI is InChI=1S/C14H12Cl2INO/c15-9-4-5-13(16)12(6-9)14(19)8-18-11-3-1-2-10(17)7-11/h1-7,14,18-19H,8H2. The van der Waals surface area contributed by atoms with Crippen LogP contribution in [0.15, 0.2) is 42.5 Å². The Balaban J connectivity index is 2.05. The first kappa shape index (κ1) is 14.9. The number of aliphatic hydroxyl groups is 1. The van der Waals surface area contributed by atoms with Crippen LogP contribution in [0.25, 0.3) is 0 Å². The van der Waals surface area contributed by atoms with Crippen molar-refractivity contribution in [2.45, 2.75) is 6.10 Å². The van der Waals surface area contributed by atoms with E-state index in [1.165, 1.54) is 0 Å². The Labute approximate surface area is 135 Å². The number of nitrogens with one attached hydrogen (secondary N) is 1. The second kappa shape index (κ2) is 6.79. The highest BCUT2D eigenvalue weighted by molar-refractivity contribution is 14.1. The second-order valence-corrected chi connectivity index (χ2v) is 6.16. The molecule has 2 nitrogen and oxygen atoms in total. The number of benzene rings is 2. The van der Waals surface area contributed by atoms with Crippen molar-refractivity contribution >= 4 is 51.5 Å². The topological polar surface area (TPSA) is 32.3 Å². The van der Waals surface area contributed by atoms with Gasteiger partial charge in [-0.25, -0.2) is 0 Å². The van der Waals surface area contributed by atoms with Crippen molar-refractivity contribution in [1.82, 2.24) is 0 Å². The highest BCUT2D eigenvalue weighted by Gasteiger charge is 2.12. The maximum Gasteiger partial charge on any atom is 0.0977 e. The third kappa shape index (κ3) is 4.24. The number of hydrogen-bond acceptors (Lipinski definition) is 2. The molecule has 0 fully saturated rings. The van der Waals surface area contributed by atoms with Crippen molar-refractivity contribution < 1.29 is 5.11 Å². The molecule has 0 heterocycles. The Morgan fingerprint density at radius 2 is 1.95 bits per heavy atom. The van der Waals surface area contributed by atoms with Gasteiger partial charge in [0.2, 0.25) is 0 Å². The fraction of sp³-hybridized carbons (Fsp3) is 0.143. The van der Waals surface area contributed by atoms with Crippen molar-refractivity contribution in [3.8, 4) is 0 Å². The van der Waals surface area contributed by atoms with E-state index in [-0.39, 0.29) is 0 Å². The van der Waals surface area contributed by atoms with Crippen molar-refractivity contribution in [3.63, 3.8) is 0 Å². The van der Waals surface area contributed by atoms with E-state index in [0.717, 1.165) is 9.26 Å². The molecule has 0 spiro atoms. The lowest BCUT2D eigenvalue weighted by Gasteiger charge is -2.15. The molecule has 19 heavy (non-hydrogen) atoms. The first-order valence-corrected chi connectivity index (χ1v) is 7.52. The average molecular weight is 408 g/mol. The van der Waals surface area contributed by atoms with Gasteiger partial charge < -0.3 is 10.4 Å². The number of aliphatic hydroxyl groups excluding tert-OH is 1. The zero-order valence-corrected chi connectivity index (χ0v) is 13.6. The molecule has 0 radical (unpaired) electrons. The van der Waals surface area contributed by atoms with Crippen LogP contribution < -0.4 is 5.32 Å². The van der Waals surface area contributed by atoms with Crippen LogP contribution in [0.4, 0.5) is 5.69 Å². The van der Waals surface area contributed by atoms with Crippen LogP contribution >= 0.6 is 45.8 Å². The fourth-order valence-corrected chi connectivity index (χ4v) is 2.66. The molecular formula is C14H12Cl2INO. The lowest BCUT2D eigenvalue weighted by atomic mass is 10.1. The van der Waals surface area contributed by atoms with E-state index in [0.29, 0.717) is 22.2 Å². The predicted octanol–water partition coefficient (Wildman–Crippen LogP) is 4.74. The van der Waals surface area contributed by atoms with Crippen LogP contribution in [-0.2, 0) is 0 Å². The highest BCUT2D eigenvalue weighted by Crippen LogP contribution is 2.26. The third-order valence-corrected chi connectivity index (χ3v) is 3.89. The molecule has 100 valence electrons. The molecule has 1 unspecified atom stereocenters. The monoisotopic (exact) mass is 407 g/mol. The van der Waals surface area contributed by atoms with Crippen LogP contribution in [0.2, 0.25) is 10.0 Å². The zero-order valence-electron chi connectivity index (χ0n) is 9.91. The Kier molecular flexibility index (Phi) is 5.33. The van der Waals surface area contributed by atoms with Gasteiger partial charge in [-0.2, -0.15) is 0 Å². The summed E-state index contributed by atoms with van der Waals surface area (Å²) in [4.78, 5) is 0. The molecule has 0 amide bonds. The lowest BCUT2D eigenvalue weighted by Crippen LogP contribution is -2.12. The van der Waals surface area contributed by atoms with Crippen LogP contribution in [0, 0.1) is 3.57 Å². The summed E-state index contributed by atoms with van der Waals surface area (Å²) in [7, 11) is 0. The highest BCUT2D eigenvalue weighted by atomic mass is 127. The van der Waals surface area contributed by atoms with E-state index in [9.17, 15) is 5.11 Å². The maximum atomic E-state index is 10.1. The summed E-state index contributed by atoms with van der Waals surface area (Å²) in [5.41, 5.74) is 1.59. The van der Waals surface area contributed by atoms with Gasteiger partial charge in [-0.3, -0.25) is 0 Å². The Bertz CT molecular complexity index is 577. The number of hydrogen-bond donors (Lipinski definition) is 2. The third-order valence-electron chi connectivity index (χ3n) is 2.64. The van der Waals surface area contributed by atoms with E-state index in [1.807, 2.05) is 24.3 Å². The van der Waals surface area contributed by atoms with Crippen molar-refractivity contribution in [2.24, 2.45) is 0 Å². The van der Waals surface area contributed by atoms with E-state index < -0.39 is 6.10 Å². The van der Waals surface area contributed by atoms with Gasteiger partial charge in [0.05, 0.1) is 6.10 Å². The molecule has 2 rings (SSSR count). The van der Waals surface area contributed by atoms with Gasteiger partial charge in [-0.05, 0) is 59.0 Å². The second-order valence-electron chi connectivity index (χ2n) is 4.07. The molecule has 0 aliphatic carbocycles. The molecule has 2 aromatic carbocycles. The molecule has 2 aromatic rings. The Hall–Kier alpha value is -0.490. The quantitative estimate of drug-likeness (QED) is 0.717. The van der Waals surface area contributed by atoms with E-state index in [1.54, 1.807) is 18.2 Å². The summed E-state index contributed by atoms with van der Waals surface area (Å²) in [6.45, 7) is 0.375. The Morgan fingerprint density at radius 1 is 1.16 bits per heavy atom. The van der Waals surface area contributed by atoms with Crippen LogP contribution in [0.3, 0.4) is 0 Å². The lowest BCUT2D eigenvalue weighted by molar-refractivity contribution is 0.192. The predicted molar refractivity (Wildman–Crippen MR) is 89.1 cm³/mol. The average Bonchev–Trinajstić information content (AvgIpc) is 2.39. The van der Waals surface area contributed by atoms with Crippen molar-refractivity contribution in [3.05, 3.63) is 61.6 Å². The molecule has 0 aliphatic rings. The number of halogens is 3. The molecule has 0 bridgehead atoms. The first-order valence-electron chi connectivity index (χ1n) is 5.69. The minimum absolute atomic E-state index is 0.375. The minimum atomic E-state index is -0.705. The minimum Gasteiger partial charge on any atom is -0.387 e. The molecule has 0 saturated heterocycles. The molecular weight excluding hydrogens is 396 g/mol. The molecule has 5 heteroatoms. The molecule has 0 aromatic heterocycles. The summed E-state index contributed by atoms with van der Waals surface area (Å²) >= 11 is 14.2. The van der Waals surface area contributed by atoms with Gasteiger partial charge in [0, 0.05) is 31.4 Å². The molecule has 0 saturated carbocycles. The summed E-state index contributed by atoms with van der Waals surface area (Å²) in [5.74, 6) is 0. The van der Waals surface area contributed by atoms with Crippen molar-refractivity contribution in [1.29, 1.82) is 0 Å². The van der Waals surface area contributed by atoms with Crippen LogP contribution in [-0.4, -0.2) is 11.7 Å². The SMILES string of the molecule is OC(CNc1cccc(I)c1)c1cc(Cl)ccc1Cl. The van der Waals surface area contributed by atoms with Gasteiger partial charge in [0.1, 0.15) is 0 Å². The maximum absolute atomic E-state index is 10.1. The van der Waals surface area contributed by atoms with E-state index >= 15 is 0 Å². The molecule has 1 atom stereocenters. The summed E-state index contributed by atoms with van der Waals surface area (Å²) in [6.07, 6.45) is -0.705. The van der Waals surface area contributed by atoms with Gasteiger partial charge in [0.25, 0.3) is 0 Å². The molecule has 0 aliphatic heterocycles. The Morgan fingerprint density at radius 3 is 2.68 bits per heavy atom. The number of rotatable bonds is 4. The van der Waals surface area contributed by atoms with Crippen LogP contribution in [0.5, 0.6) is 0 Å². The van der Waals surface area contributed by atoms with E-state index in [4.69, 9.17) is 23.2 Å². The summed E-state index contributed by atoms with van der Waals surface area (Å²) in [5, 5.41) is 14.4. The zero-order chi connectivity index (χ0) is 13.8. The smallest absolute Gasteiger partial charge is 0.0977 e. The van der Waals surface area contributed by atoms with Gasteiger partial charge >= 0.3 is 0 Å². The first-order chi connectivity index (χ1) is 9.06. The van der Waals surface area contributed by atoms with Gasteiger partial charge in [-0.15, -0.1) is 0 Å². The largest absolute Gasteiger partial charge is 0.387 e. The van der Waals surface area contributed by atoms with Gasteiger partial charge in [-0.1, -0.05) is 29.3 Å². The fourth-order valence-electron chi connectivity index (χ4n) is 1.69. The molecule has 2 N–H and O–H groups in total. The van der Waals surface area contributed by atoms with Crippen molar-refractivity contribution in [2.75, 3.05) is 11.9 Å². The van der Waals surface area contributed by atoms with E-state index in [2.05, 4.69) is 27.9 Å². The summed E-state index contributed by atoms with van der Waals surface area (Å²) < 4.78 is 1.14.